The van der Waals surface area contributed by atoms with Crippen LogP contribution in [0, 0.1) is 0 Å². The molecule has 0 atom stereocenters. The molecule has 2 N–H and O–H groups in total. The Morgan fingerprint density at radius 2 is 1.65 bits per heavy atom. The van der Waals surface area contributed by atoms with Crippen LogP contribution in [0.3, 0.4) is 0 Å². The third kappa shape index (κ3) is 5.33. The predicted molar refractivity (Wildman–Crippen MR) is 120 cm³/mol. The van der Waals surface area contributed by atoms with Gasteiger partial charge in [0.05, 0.1) is 12.3 Å². The maximum Gasteiger partial charge on any atom is 0.323 e. The van der Waals surface area contributed by atoms with Gasteiger partial charge in [0, 0.05) is 17.9 Å². The van der Waals surface area contributed by atoms with Crippen LogP contribution < -0.4 is 25.0 Å². The quantitative estimate of drug-likeness (QED) is 0.554. The Kier molecular flexibility index (Phi) is 6.32. The first kappa shape index (κ1) is 20.3. The van der Waals surface area contributed by atoms with E-state index in [1.165, 1.54) is 0 Å². The molecule has 0 fully saturated rings. The summed E-state index contributed by atoms with van der Waals surface area (Å²) in [5.74, 6) is 1.28. The summed E-state index contributed by atoms with van der Waals surface area (Å²) in [6.07, 6.45) is 0.659. The molecular weight excluding hydrogens is 394 g/mol. The fraction of sp³-hybridized carbons (Fsp3) is 0.167. The molecule has 0 bridgehead atoms. The van der Waals surface area contributed by atoms with Gasteiger partial charge in [-0.05, 0) is 48.9 Å². The highest BCUT2D eigenvalue weighted by Crippen LogP contribution is 2.34. The topological polar surface area (TPSA) is 79.9 Å². The molecule has 0 unspecified atom stereocenters. The van der Waals surface area contributed by atoms with Crippen LogP contribution in [-0.4, -0.2) is 31.7 Å². The van der Waals surface area contributed by atoms with Gasteiger partial charge in [-0.25, -0.2) is 4.79 Å². The highest BCUT2D eigenvalue weighted by Gasteiger charge is 2.25. The summed E-state index contributed by atoms with van der Waals surface area (Å²) >= 11 is 0. The van der Waals surface area contributed by atoms with Gasteiger partial charge in [0.15, 0.2) is 6.61 Å². The number of benzene rings is 3. The molecular formula is C24H23N3O4. The molecule has 0 aliphatic carbocycles. The van der Waals surface area contributed by atoms with Gasteiger partial charge in [0.25, 0.3) is 5.91 Å². The molecule has 0 spiro atoms. The second-order valence-corrected chi connectivity index (χ2v) is 6.98. The molecule has 7 heteroatoms. The minimum atomic E-state index is -0.364. The van der Waals surface area contributed by atoms with Crippen LogP contribution in [0.4, 0.5) is 21.9 Å². The second-order valence-electron chi connectivity index (χ2n) is 6.98. The minimum Gasteiger partial charge on any atom is -0.494 e. The third-order valence-electron chi connectivity index (χ3n) is 4.73. The Hall–Kier alpha value is -4.00. The molecule has 3 amide bonds. The first-order chi connectivity index (χ1) is 15.2. The van der Waals surface area contributed by atoms with Crippen molar-refractivity contribution in [3.63, 3.8) is 0 Å². The normalized spacial score (nSPS) is 12.5. The number of anilines is 3. The molecule has 158 valence electrons. The molecule has 3 aromatic rings. The first-order valence-corrected chi connectivity index (χ1v) is 10.1. The fourth-order valence-electron chi connectivity index (χ4n) is 3.27. The van der Waals surface area contributed by atoms with E-state index >= 15 is 0 Å². The fourth-order valence-corrected chi connectivity index (χ4v) is 3.27. The van der Waals surface area contributed by atoms with Crippen molar-refractivity contribution < 1.29 is 19.1 Å². The SMILES string of the molecule is O=C(Nc1ccccc1)Nc1ccc2c(c1)N(CCCOc1ccccc1)C(=O)CO2. The number of hydrogen-bond acceptors (Lipinski definition) is 4. The zero-order valence-electron chi connectivity index (χ0n) is 16.9. The van der Waals surface area contributed by atoms with Crippen LogP contribution in [0.1, 0.15) is 6.42 Å². The predicted octanol–water partition coefficient (Wildman–Crippen LogP) is 4.53. The smallest absolute Gasteiger partial charge is 0.323 e. The highest BCUT2D eigenvalue weighted by atomic mass is 16.5. The van der Waals surface area contributed by atoms with Gasteiger partial charge in [-0.3, -0.25) is 4.79 Å². The summed E-state index contributed by atoms with van der Waals surface area (Å²) in [5.41, 5.74) is 1.89. The Morgan fingerprint density at radius 1 is 0.935 bits per heavy atom. The van der Waals surface area contributed by atoms with Crippen LogP contribution in [-0.2, 0) is 4.79 Å². The monoisotopic (exact) mass is 417 g/mol. The van der Waals surface area contributed by atoms with Crippen molar-refractivity contribution in [3.8, 4) is 11.5 Å². The Labute approximate surface area is 180 Å². The van der Waals surface area contributed by atoms with E-state index in [1.807, 2.05) is 48.5 Å². The van der Waals surface area contributed by atoms with Crippen molar-refractivity contribution >= 4 is 29.0 Å². The summed E-state index contributed by atoms with van der Waals surface area (Å²) in [7, 11) is 0. The summed E-state index contributed by atoms with van der Waals surface area (Å²) in [6, 6.07) is 23.6. The number of carbonyl (C=O) groups excluding carboxylic acids is 2. The van der Waals surface area contributed by atoms with Crippen molar-refractivity contribution in [1.82, 2.24) is 0 Å². The van der Waals surface area contributed by atoms with Crippen LogP contribution in [0.15, 0.2) is 78.9 Å². The number of ether oxygens (including phenoxy) is 2. The van der Waals surface area contributed by atoms with Gasteiger partial charge in [0.2, 0.25) is 0 Å². The maximum absolute atomic E-state index is 12.5. The number of hydrogen-bond donors (Lipinski definition) is 2. The summed E-state index contributed by atoms with van der Waals surface area (Å²) < 4.78 is 11.3. The van der Waals surface area contributed by atoms with Crippen LogP contribution in [0.5, 0.6) is 11.5 Å². The van der Waals surface area contributed by atoms with Crippen molar-refractivity contribution in [2.24, 2.45) is 0 Å². The zero-order chi connectivity index (χ0) is 21.5. The number of nitrogens with one attached hydrogen (secondary N) is 2. The molecule has 0 radical (unpaired) electrons. The maximum atomic E-state index is 12.5. The van der Waals surface area contributed by atoms with E-state index in [9.17, 15) is 9.59 Å². The van der Waals surface area contributed by atoms with Gasteiger partial charge in [-0.1, -0.05) is 36.4 Å². The number of para-hydroxylation sites is 2. The Bertz CT molecular complexity index is 1040. The molecule has 0 saturated heterocycles. The number of urea groups is 1. The number of rotatable bonds is 7. The third-order valence-corrected chi connectivity index (χ3v) is 4.73. The minimum absolute atomic E-state index is 0.00614. The molecule has 4 rings (SSSR count). The molecule has 3 aromatic carbocycles. The van der Waals surface area contributed by atoms with Gasteiger partial charge in [-0.15, -0.1) is 0 Å². The summed E-state index contributed by atoms with van der Waals surface area (Å²) in [4.78, 5) is 26.4. The summed E-state index contributed by atoms with van der Waals surface area (Å²) in [5, 5.41) is 5.57. The molecule has 0 saturated carbocycles. The van der Waals surface area contributed by atoms with E-state index in [-0.39, 0.29) is 18.5 Å². The second kappa shape index (κ2) is 9.67. The lowest BCUT2D eigenvalue weighted by Crippen LogP contribution is -2.39. The van der Waals surface area contributed by atoms with Crippen molar-refractivity contribution in [2.45, 2.75) is 6.42 Å². The number of nitrogens with zero attached hydrogens (tertiary/aromatic N) is 1. The molecule has 1 aliphatic rings. The van der Waals surface area contributed by atoms with Gasteiger partial charge >= 0.3 is 6.03 Å². The lowest BCUT2D eigenvalue weighted by molar-refractivity contribution is -0.121. The van der Waals surface area contributed by atoms with Crippen LogP contribution >= 0.6 is 0 Å². The Balaban J connectivity index is 1.39. The van der Waals surface area contributed by atoms with E-state index < -0.39 is 0 Å². The molecule has 1 heterocycles. The first-order valence-electron chi connectivity index (χ1n) is 10.1. The largest absolute Gasteiger partial charge is 0.494 e. The molecule has 31 heavy (non-hydrogen) atoms. The van der Waals surface area contributed by atoms with Gasteiger partial charge in [0.1, 0.15) is 11.5 Å². The van der Waals surface area contributed by atoms with E-state index in [0.29, 0.717) is 42.4 Å². The van der Waals surface area contributed by atoms with E-state index in [0.717, 1.165) is 5.75 Å². The standard InChI is InChI=1S/C24H23N3O4/c28-23-17-31-22-13-12-19(26-24(29)25-18-8-3-1-4-9-18)16-21(22)27(23)14-7-15-30-20-10-5-2-6-11-20/h1-6,8-13,16H,7,14-15,17H2,(H2,25,26,29). The number of fused-ring (bicyclic) bond motifs is 1. The van der Waals surface area contributed by atoms with Crippen molar-refractivity contribution in [2.75, 3.05) is 35.3 Å². The highest BCUT2D eigenvalue weighted by molar-refractivity contribution is 6.02. The lowest BCUT2D eigenvalue weighted by atomic mass is 10.2. The molecule has 7 nitrogen and oxygen atoms in total. The van der Waals surface area contributed by atoms with Gasteiger partial charge in [-0.2, -0.15) is 0 Å². The lowest BCUT2D eigenvalue weighted by Gasteiger charge is -2.29. The van der Waals surface area contributed by atoms with Crippen molar-refractivity contribution in [1.29, 1.82) is 0 Å². The number of amides is 3. The van der Waals surface area contributed by atoms with Gasteiger partial charge < -0.3 is 25.0 Å². The zero-order valence-corrected chi connectivity index (χ0v) is 16.9. The van der Waals surface area contributed by atoms with E-state index in [2.05, 4.69) is 10.6 Å². The average Bonchev–Trinajstić information content (AvgIpc) is 2.79. The average molecular weight is 417 g/mol. The van der Waals surface area contributed by atoms with Crippen LogP contribution in [0.2, 0.25) is 0 Å². The Morgan fingerprint density at radius 3 is 2.42 bits per heavy atom. The number of carbonyl (C=O) groups is 2. The van der Waals surface area contributed by atoms with Crippen molar-refractivity contribution in [3.05, 3.63) is 78.9 Å². The van der Waals surface area contributed by atoms with E-state index in [4.69, 9.17) is 9.47 Å². The van der Waals surface area contributed by atoms with Crippen LogP contribution in [0.25, 0.3) is 0 Å². The summed E-state index contributed by atoms with van der Waals surface area (Å²) in [6.45, 7) is 0.969. The van der Waals surface area contributed by atoms with E-state index in [1.54, 1.807) is 35.2 Å². The molecule has 1 aliphatic heterocycles. The molecule has 0 aromatic heterocycles.